The van der Waals surface area contributed by atoms with Gasteiger partial charge in [0, 0.05) is 22.3 Å². The molecule has 1 aliphatic rings. The third-order valence-corrected chi connectivity index (χ3v) is 5.88. The zero-order valence-corrected chi connectivity index (χ0v) is 17.3. The number of thiazole rings is 1. The molecule has 3 aromatic rings. The van der Waals surface area contributed by atoms with Crippen molar-refractivity contribution in [2.24, 2.45) is 5.73 Å². The van der Waals surface area contributed by atoms with Gasteiger partial charge in [-0.2, -0.15) is 0 Å². The van der Waals surface area contributed by atoms with Crippen LogP contribution in [0.3, 0.4) is 0 Å². The summed E-state index contributed by atoms with van der Waals surface area (Å²) in [6.45, 7) is 0. The molecule has 0 radical (unpaired) electrons. The molecule has 10 heteroatoms. The lowest BCUT2D eigenvalue weighted by Gasteiger charge is -2.22. The SMILES string of the molecule is COC(=O)Nc1ccc2c(c1)N[C@@H](c1csc(=O)[nH]1)CCCC[C@H](N)c1ncc-2[nH]1. The second-order valence-electron chi connectivity index (χ2n) is 7.25. The molecular formula is C20H24N6O3S. The summed E-state index contributed by atoms with van der Waals surface area (Å²) < 4.78 is 4.70. The minimum atomic E-state index is -0.545. The lowest BCUT2D eigenvalue weighted by Crippen LogP contribution is -2.16. The number of ether oxygens (including phenoxy) is 1. The molecule has 158 valence electrons. The van der Waals surface area contributed by atoms with E-state index >= 15 is 0 Å². The van der Waals surface area contributed by atoms with Gasteiger partial charge in [-0.25, -0.2) is 9.78 Å². The van der Waals surface area contributed by atoms with Crippen LogP contribution in [0, 0.1) is 0 Å². The number of carbonyl (C=O) groups excluding carboxylic acids is 1. The molecule has 3 heterocycles. The number of nitrogens with one attached hydrogen (secondary N) is 4. The Balaban J connectivity index is 1.77. The predicted molar refractivity (Wildman–Crippen MR) is 117 cm³/mol. The van der Waals surface area contributed by atoms with Gasteiger partial charge in [0.05, 0.1) is 36.8 Å². The van der Waals surface area contributed by atoms with Crippen molar-refractivity contribution >= 4 is 28.8 Å². The molecule has 1 aromatic carbocycles. The molecule has 2 aromatic heterocycles. The highest BCUT2D eigenvalue weighted by atomic mass is 32.1. The monoisotopic (exact) mass is 428 g/mol. The summed E-state index contributed by atoms with van der Waals surface area (Å²) in [5.74, 6) is 0.756. The van der Waals surface area contributed by atoms with Gasteiger partial charge in [-0.3, -0.25) is 10.1 Å². The second-order valence-corrected chi connectivity index (χ2v) is 8.09. The van der Waals surface area contributed by atoms with Gasteiger partial charge < -0.3 is 25.8 Å². The van der Waals surface area contributed by atoms with E-state index in [0.717, 1.165) is 65.5 Å². The number of H-pyrrole nitrogens is 2. The van der Waals surface area contributed by atoms with Crippen LogP contribution >= 0.6 is 11.3 Å². The van der Waals surface area contributed by atoms with Crippen molar-refractivity contribution in [2.75, 3.05) is 17.7 Å². The number of methoxy groups -OCH3 is 1. The van der Waals surface area contributed by atoms with Crippen LogP contribution in [0.2, 0.25) is 0 Å². The fourth-order valence-electron chi connectivity index (χ4n) is 3.61. The topological polar surface area (TPSA) is 138 Å². The molecule has 0 saturated heterocycles. The number of hydrogen-bond acceptors (Lipinski definition) is 7. The van der Waals surface area contributed by atoms with Gasteiger partial charge in [-0.1, -0.05) is 24.2 Å². The summed E-state index contributed by atoms with van der Waals surface area (Å²) in [6, 6.07) is 5.29. The summed E-state index contributed by atoms with van der Waals surface area (Å²) in [5, 5.41) is 8.09. The minimum absolute atomic E-state index is 0.0838. The number of nitrogens with two attached hydrogens (primary N) is 1. The summed E-state index contributed by atoms with van der Waals surface area (Å²) in [7, 11) is 1.32. The van der Waals surface area contributed by atoms with Gasteiger partial charge in [0.15, 0.2) is 0 Å². The molecule has 2 atom stereocenters. The number of fused-ring (bicyclic) bond motifs is 4. The van der Waals surface area contributed by atoms with Gasteiger partial charge in [0.1, 0.15) is 5.82 Å². The van der Waals surface area contributed by atoms with Gasteiger partial charge >= 0.3 is 11.0 Å². The smallest absolute Gasteiger partial charge is 0.411 e. The fourth-order valence-corrected chi connectivity index (χ4v) is 4.25. The summed E-state index contributed by atoms with van der Waals surface area (Å²) in [4.78, 5) is 34.0. The number of rotatable bonds is 2. The fraction of sp³-hybridized carbons (Fsp3) is 0.350. The molecular weight excluding hydrogens is 404 g/mol. The zero-order chi connectivity index (χ0) is 21.1. The number of anilines is 2. The van der Waals surface area contributed by atoms with Crippen LogP contribution in [0.4, 0.5) is 16.2 Å². The largest absolute Gasteiger partial charge is 0.453 e. The van der Waals surface area contributed by atoms with Gasteiger partial charge in [0.25, 0.3) is 0 Å². The molecule has 0 saturated carbocycles. The van der Waals surface area contributed by atoms with Gasteiger partial charge in [-0.05, 0) is 31.0 Å². The number of carbonyl (C=O) groups is 1. The number of aromatic amines is 2. The lowest BCUT2D eigenvalue weighted by molar-refractivity contribution is 0.187. The number of benzene rings is 1. The van der Waals surface area contributed by atoms with E-state index in [0.29, 0.717) is 5.69 Å². The Labute approximate surface area is 177 Å². The maximum atomic E-state index is 11.7. The van der Waals surface area contributed by atoms with Gasteiger partial charge in [-0.15, -0.1) is 0 Å². The van der Waals surface area contributed by atoms with Crippen molar-refractivity contribution in [1.29, 1.82) is 0 Å². The van der Waals surface area contributed by atoms with Crippen LogP contribution in [0.1, 0.15) is 49.3 Å². The molecule has 30 heavy (non-hydrogen) atoms. The molecule has 1 aliphatic heterocycles. The summed E-state index contributed by atoms with van der Waals surface area (Å²) in [5.41, 5.74) is 10.3. The van der Waals surface area contributed by atoms with E-state index in [-0.39, 0.29) is 17.0 Å². The normalized spacial score (nSPS) is 19.0. The molecule has 0 spiro atoms. The standard InChI is InChI=1S/C20H24N6O3S/c1-29-19(27)23-11-6-7-12-15(8-11)24-14(17-10-30-20(28)26-17)5-3-2-4-13(21)18-22-9-16(12)25-18/h6-10,13-14,24H,2-5,21H2,1H3,(H,22,25)(H,23,27)(H,26,28)/t13-,14+/m0/s1. The van der Waals surface area contributed by atoms with E-state index < -0.39 is 6.09 Å². The van der Waals surface area contributed by atoms with E-state index in [1.807, 2.05) is 17.5 Å². The third-order valence-electron chi connectivity index (χ3n) is 5.19. The van der Waals surface area contributed by atoms with E-state index in [2.05, 4.69) is 25.6 Å². The van der Waals surface area contributed by atoms with E-state index in [1.165, 1.54) is 7.11 Å². The van der Waals surface area contributed by atoms with Crippen molar-refractivity contribution in [1.82, 2.24) is 15.0 Å². The van der Waals surface area contributed by atoms with Crippen molar-refractivity contribution in [2.45, 2.75) is 37.8 Å². The Morgan fingerprint density at radius 2 is 2.13 bits per heavy atom. The predicted octanol–water partition coefficient (Wildman–Crippen LogP) is 3.73. The summed E-state index contributed by atoms with van der Waals surface area (Å²) in [6.07, 6.45) is 4.76. The lowest BCUT2D eigenvalue weighted by atomic mass is 10.0. The molecule has 2 bridgehead atoms. The number of aromatic nitrogens is 3. The van der Waals surface area contributed by atoms with Crippen molar-refractivity contribution < 1.29 is 9.53 Å². The Bertz CT molecular complexity index is 1090. The van der Waals surface area contributed by atoms with Crippen molar-refractivity contribution in [3.8, 4) is 11.3 Å². The first-order valence-corrected chi connectivity index (χ1v) is 10.7. The highest BCUT2D eigenvalue weighted by Crippen LogP contribution is 2.35. The first-order valence-electron chi connectivity index (χ1n) is 9.77. The average molecular weight is 429 g/mol. The van der Waals surface area contributed by atoms with E-state index in [1.54, 1.807) is 12.3 Å². The first-order chi connectivity index (χ1) is 14.5. The Morgan fingerprint density at radius 3 is 2.90 bits per heavy atom. The average Bonchev–Trinajstić information content (AvgIpc) is 3.39. The quantitative estimate of drug-likeness (QED) is 0.422. The number of imidazole rings is 1. The van der Waals surface area contributed by atoms with Crippen LogP contribution in [-0.2, 0) is 4.74 Å². The van der Waals surface area contributed by atoms with E-state index in [4.69, 9.17) is 10.5 Å². The summed E-state index contributed by atoms with van der Waals surface area (Å²) >= 11 is 1.15. The highest BCUT2D eigenvalue weighted by molar-refractivity contribution is 7.07. The Hall–Kier alpha value is -3.11. The third kappa shape index (κ3) is 4.39. The number of hydrogen-bond donors (Lipinski definition) is 5. The van der Waals surface area contributed by atoms with Crippen LogP contribution in [0.5, 0.6) is 0 Å². The van der Waals surface area contributed by atoms with Crippen LogP contribution < -0.4 is 21.2 Å². The van der Waals surface area contributed by atoms with Crippen molar-refractivity contribution in [3.05, 3.63) is 51.0 Å². The van der Waals surface area contributed by atoms with Crippen molar-refractivity contribution in [3.63, 3.8) is 0 Å². The Morgan fingerprint density at radius 1 is 1.30 bits per heavy atom. The maximum Gasteiger partial charge on any atom is 0.411 e. The molecule has 9 nitrogen and oxygen atoms in total. The van der Waals surface area contributed by atoms with E-state index in [9.17, 15) is 9.59 Å². The van der Waals surface area contributed by atoms with Crippen LogP contribution in [0.15, 0.2) is 34.6 Å². The molecule has 0 aliphatic carbocycles. The Kier molecular flexibility index (Phi) is 5.86. The molecule has 0 fully saturated rings. The second kappa shape index (κ2) is 8.72. The van der Waals surface area contributed by atoms with Gasteiger partial charge in [0.2, 0.25) is 0 Å². The molecule has 4 rings (SSSR count). The molecule has 0 unspecified atom stereocenters. The van der Waals surface area contributed by atoms with Crippen LogP contribution in [0.25, 0.3) is 11.3 Å². The minimum Gasteiger partial charge on any atom is -0.453 e. The number of amides is 1. The number of nitrogens with zero attached hydrogens (tertiary/aromatic N) is 1. The molecule has 6 N–H and O–H groups in total. The molecule has 1 amide bonds. The zero-order valence-electron chi connectivity index (χ0n) is 16.5. The maximum absolute atomic E-state index is 11.7. The highest BCUT2D eigenvalue weighted by Gasteiger charge is 2.20. The van der Waals surface area contributed by atoms with Crippen LogP contribution in [-0.4, -0.2) is 28.2 Å². The first kappa shape index (κ1) is 20.2.